The number of hydrogen-bond donors (Lipinski definition) is 2. The summed E-state index contributed by atoms with van der Waals surface area (Å²) in [5, 5.41) is 18.7. The van der Waals surface area contributed by atoms with Gasteiger partial charge in [-0.15, -0.1) is 0 Å². The average molecular weight is 300 g/mol. The molecule has 2 aliphatic rings. The fraction of sp³-hybridized carbons (Fsp3) is 0.250. The molecule has 0 aromatic heterocycles. The fourth-order valence-electron chi connectivity index (χ4n) is 3.06. The van der Waals surface area contributed by atoms with E-state index in [9.17, 15) is 24.3 Å². The summed E-state index contributed by atoms with van der Waals surface area (Å²) in [6.07, 6.45) is 0.0561. The number of hydrogen-bond acceptors (Lipinski definition) is 5. The summed E-state index contributed by atoms with van der Waals surface area (Å²) in [4.78, 5) is 48.2. The molecule has 2 aliphatic carbocycles. The molecule has 6 heteroatoms. The monoisotopic (exact) mass is 300 g/mol. The molecule has 1 atom stereocenters. The number of aromatic hydroxyl groups is 1. The summed E-state index contributed by atoms with van der Waals surface area (Å²) < 4.78 is 0. The lowest BCUT2D eigenvalue weighted by Gasteiger charge is -2.27. The minimum atomic E-state index is -1.12. The molecule has 0 aliphatic heterocycles. The van der Waals surface area contributed by atoms with Crippen molar-refractivity contribution in [3.8, 4) is 5.75 Å². The Labute approximate surface area is 125 Å². The standard InChI is InChI=1S/C16H12O6/c17-10-3-1-2-8-12(10)16(22)13-9(15(8)21)5-4-7(14(13)20)6-11(18)19/h1-3,7,17H,4-6H2,(H,18,19). The number of carbonyl (C=O) groups excluding carboxylic acids is 3. The molecule has 0 saturated heterocycles. The van der Waals surface area contributed by atoms with Crippen LogP contribution in [-0.4, -0.2) is 33.5 Å². The van der Waals surface area contributed by atoms with Gasteiger partial charge in [0, 0.05) is 17.1 Å². The van der Waals surface area contributed by atoms with Gasteiger partial charge in [0.1, 0.15) is 5.75 Å². The summed E-state index contributed by atoms with van der Waals surface area (Å²) in [7, 11) is 0. The fourth-order valence-corrected chi connectivity index (χ4v) is 3.06. The highest BCUT2D eigenvalue weighted by Gasteiger charge is 2.42. The molecule has 0 saturated carbocycles. The van der Waals surface area contributed by atoms with E-state index in [1.54, 1.807) is 0 Å². The summed E-state index contributed by atoms with van der Waals surface area (Å²) in [6.45, 7) is 0. The smallest absolute Gasteiger partial charge is 0.304 e. The van der Waals surface area contributed by atoms with Crippen LogP contribution in [0.3, 0.4) is 0 Å². The minimum Gasteiger partial charge on any atom is -0.507 e. The van der Waals surface area contributed by atoms with E-state index in [1.165, 1.54) is 18.2 Å². The molecular weight excluding hydrogens is 288 g/mol. The summed E-state index contributed by atoms with van der Waals surface area (Å²) in [5.74, 6) is -4.03. The van der Waals surface area contributed by atoms with Crippen LogP contribution in [0, 0.1) is 5.92 Å². The Morgan fingerprint density at radius 2 is 1.91 bits per heavy atom. The highest BCUT2D eigenvalue weighted by molar-refractivity contribution is 6.38. The Balaban J connectivity index is 2.11. The molecule has 3 rings (SSSR count). The number of Topliss-reactive ketones (excluding diaryl/α,β-unsaturated/α-hetero) is 3. The molecule has 1 unspecified atom stereocenters. The molecule has 2 N–H and O–H groups in total. The number of carboxylic acid groups (broad SMARTS) is 1. The molecule has 1 aromatic rings. The van der Waals surface area contributed by atoms with Gasteiger partial charge in [-0.3, -0.25) is 19.2 Å². The quantitative estimate of drug-likeness (QED) is 0.801. The van der Waals surface area contributed by atoms with Crippen LogP contribution < -0.4 is 0 Å². The maximum Gasteiger partial charge on any atom is 0.304 e. The number of carboxylic acids is 1. The number of allylic oxidation sites excluding steroid dienone is 2. The van der Waals surface area contributed by atoms with Crippen molar-refractivity contribution in [1.29, 1.82) is 0 Å². The Kier molecular flexibility index (Phi) is 3.16. The number of phenols is 1. The maximum absolute atomic E-state index is 12.5. The number of ketones is 3. The van der Waals surface area contributed by atoms with Crippen molar-refractivity contribution < 1.29 is 29.4 Å². The summed E-state index contributed by atoms with van der Waals surface area (Å²) >= 11 is 0. The molecule has 6 nitrogen and oxygen atoms in total. The lowest BCUT2D eigenvalue weighted by molar-refractivity contribution is -0.140. The number of phenolic OH excluding ortho intramolecular Hbond substituents is 1. The second-order valence-electron chi connectivity index (χ2n) is 5.41. The molecule has 1 aromatic carbocycles. The number of carbonyl (C=O) groups is 4. The van der Waals surface area contributed by atoms with Crippen molar-refractivity contribution in [2.24, 2.45) is 5.92 Å². The SMILES string of the molecule is O=C(O)CC1CCC2=C(C(=O)c3c(O)cccc3C2=O)C1=O. The molecule has 0 amide bonds. The van der Waals surface area contributed by atoms with E-state index >= 15 is 0 Å². The van der Waals surface area contributed by atoms with E-state index in [4.69, 9.17) is 5.11 Å². The first kappa shape index (κ1) is 14.2. The lowest BCUT2D eigenvalue weighted by atomic mass is 9.72. The van der Waals surface area contributed by atoms with Gasteiger partial charge in [0.05, 0.1) is 17.6 Å². The van der Waals surface area contributed by atoms with E-state index in [0.29, 0.717) is 0 Å². The van der Waals surface area contributed by atoms with E-state index in [2.05, 4.69) is 0 Å². The van der Waals surface area contributed by atoms with Gasteiger partial charge in [0.25, 0.3) is 0 Å². The van der Waals surface area contributed by atoms with Crippen LogP contribution in [0.1, 0.15) is 40.0 Å². The minimum absolute atomic E-state index is 0.0910. The normalized spacial score (nSPS) is 20.7. The van der Waals surface area contributed by atoms with Crippen LogP contribution in [-0.2, 0) is 9.59 Å². The predicted molar refractivity (Wildman–Crippen MR) is 73.8 cm³/mol. The van der Waals surface area contributed by atoms with Gasteiger partial charge in [-0.1, -0.05) is 12.1 Å². The van der Waals surface area contributed by atoms with Crippen LogP contribution in [0.4, 0.5) is 0 Å². The van der Waals surface area contributed by atoms with Crippen LogP contribution in [0.5, 0.6) is 5.75 Å². The van der Waals surface area contributed by atoms with Crippen molar-refractivity contribution in [2.75, 3.05) is 0 Å². The van der Waals surface area contributed by atoms with Crippen LogP contribution >= 0.6 is 0 Å². The second-order valence-corrected chi connectivity index (χ2v) is 5.41. The third kappa shape index (κ3) is 1.95. The zero-order chi connectivity index (χ0) is 16.0. The number of aliphatic carboxylic acids is 1. The first-order valence-electron chi connectivity index (χ1n) is 6.82. The highest BCUT2D eigenvalue weighted by atomic mass is 16.4. The van der Waals surface area contributed by atoms with Crippen molar-refractivity contribution in [3.05, 3.63) is 40.5 Å². The summed E-state index contributed by atoms with van der Waals surface area (Å²) in [5.41, 5.74) is -0.199. The van der Waals surface area contributed by atoms with Gasteiger partial charge in [0.15, 0.2) is 11.6 Å². The Morgan fingerprint density at radius 3 is 2.59 bits per heavy atom. The predicted octanol–water partition coefficient (Wildman–Crippen LogP) is 1.52. The Bertz CT molecular complexity index is 771. The van der Waals surface area contributed by atoms with E-state index < -0.39 is 29.2 Å². The molecule has 0 spiro atoms. The highest BCUT2D eigenvalue weighted by Crippen LogP contribution is 2.39. The second kappa shape index (κ2) is 4.91. The molecule has 112 valence electrons. The number of benzene rings is 1. The average Bonchev–Trinajstić information content (AvgIpc) is 2.46. The Hall–Kier alpha value is -2.76. The largest absolute Gasteiger partial charge is 0.507 e. The van der Waals surface area contributed by atoms with Crippen molar-refractivity contribution >= 4 is 23.3 Å². The maximum atomic E-state index is 12.5. The molecule has 0 heterocycles. The topological polar surface area (TPSA) is 109 Å². The molecule has 0 bridgehead atoms. The van der Waals surface area contributed by atoms with Crippen LogP contribution in [0.2, 0.25) is 0 Å². The van der Waals surface area contributed by atoms with Gasteiger partial charge in [-0.05, 0) is 18.9 Å². The molecule has 0 radical (unpaired) electrons. The number of fused-ring (bicyclic) bond motifs is 1. The van der Waals surface area contributed by atoms with Gasteiger partial charge in [-0.2, -0.15) is 0 Å². The van der Waals surface area contributed by atoms with E-state index in [0.717, 1.165) is 0 Å². The molecular formula is C16H12O6. The first-order chi connectivity index (χ1) is 10.4. The van der Waals surface area contributed by atoms with Gasteiger partial charge in [0.2, 0.25) is 5.78 Å². The first-order valence-corrected chi connectivity index (χ1v) is 6.82. The van der Waals surface area contributed by atoms with Gasteiger partial charge >= 0.3 is 5.97 Å². The van der Waals surface area contributed by atoms with Crippen molar-refractivity contribution in [3.63, 3.8) is 0 Å². The third-order valence-electron chi connectivity index (χ3n) is 4.10. The Morgan fingerprint density at radius 1 is 1.18 bits per heavy atom. The van der Waals surface area contributed by atoms with Crippen molar-refractivity contribution in [1.82, 2.24) is 0 Å². The summed E-state index contributed by atoms with van der Waals surface area (Å²) in [6, 6.07) is 4.17. The zero-order valence-corrected chi connectivity index (χ0v) is 11.5. The molecule has 22 heavy (non-hydrogen) atoms. The lowest BCUT2D eigenvalue weighted by Crippen LogP contribution is -2.34. The van der Waals surface area contributed by atoms with E-state index in [-0.39, 0.29) is 47.3 Å². The van der Waals surface area contributed by atoms with Gasteiger partial charge in [-0.25, -0.2) is 0 Å². The van der Waals surface area contributed by atoms with Gasteiger partial charge < -0.3 is 10.2 Å². The number of rotatable bonds is 2. The van der Waals surface area contributed by atoms with Crippen molar-refractivity contribution in [2.45, 2.75) is 19.3 Å². The van der Waals surface area contributed by atoms with E-state index in [1.807, 2.05) is 0 Å². The van der Waals surface area contributed by atoms with Crippen LogP contribution in [0.15, 0.2) is 29.3 Å². The third-order valence-corrected chi connectivity index (χ3v) is 4.10. The molecule has 0 fully saturated rings. The van der Waals surface area contributed by atoms with Crippen LogP contribution in [0.25, 0.3) is 0 Å². The zero-order valence-electron chi connectivity index (χ0n) is 11.5.